The lowest BCUT2D eigenvalue weighted by atomic mass is 10.1. The number of carbonyl (C=O) groups is 2. The van der Waals surface area contributed by atoms with E-state index in [1.165, 1.54) is 0 Å². The van der Waals surface area contributed by atoms with Crippen molar-refractivity contribution >= 4 is 23.2 Å². The second kappa shape index (κ2) is 10.7. The van der Waals surface area contributed by atoms with Crippen LogP contribution in [0, 0.1) is 6.92 Å². The standard InChI is InChI=1S/C25H28N2O2S/c1-3-15-26(25(29)23-14-8-7-10-20(23)2)19-24(28)27(18-22-13-9-16-30-22)17-21-11-5-4-6-12-21/h4-14,16H,3,15,17-19H2,1-2H3. The molecule has 2 aromatic carbocycles. The zero-order valence-electron chi connectivity index (χ0n) is 17.6. The van der Waals surface area contributed by atoms with Gasteiger partial charge in [0.1, 0.15) is 6.54 Å². The van der Waals surface area contributed by atoms with E-state index in [1.54, 1.807) is 16.2 Å². The Hall–Kier alpha value is -2.92. The zero-order chi connectivity index (χ0) is 21.3. The van der Waals surface area contributed by atoms with Gasteiger partial charge in [0.25, 0.3) is 5.91 Å². The minimum absolute atomic E-state index is 0.0392. The predicted octanol–water partition coefficient (Wildman–Crippen LogP) is 5.14. The second-order valence-corrected chi connectivity index (χ2v) is 8.39. The zero-order valence-corrected chi connectivity index (χ0v) is 18.4. The summed E-state index contributed by atoms with van der Waals surface area (Å²) in [6.45, 7) is 5.66. The molecule has 0 unspecified atom stereocenters. The van der Waals surface area contributed by atoms with Gasteiger partial charge in [0.2, 0.25) is 5.91 Å². The summed E-state index contributed by atoms with van der Waals surface area (Å²) in [6.07, 6.45) is 0.800. The summed E-state index contributed by atoms with van der Waals surface area (Å²) in [6, 6.07) is 21.6. The molecule has 1 heterocycles. The first-order valence-electron chi connectivity index (χ1n) is 10.3. The summed E-state index contributed by atoms with van der Waals surface area (Å²) in [5, 5.41) is 2.02. The molecule has 3 aromatic rings. The van der Waals surface area contributed by atoms with E-state index in [4.69, 9.17) is 0 Å². The molecule has 0 saturated carbocycles. The molecule has 3 rings (SSSR count). The third-order valence-electron chi connectivity index (χ3n) is 4.98. The molecule has 0 N–H and O–H groups in total. The van der Waals surface area contributed by atoms with Crippen LogP contribution in [0.4, 0.5) is 0 Å². The fraction of sp³-hybridized carbons (Fsp3) is 0.280. The van der Waals surface area contributed by atoms with Gasteiger partial charge in [-0.05, 0) is 42.0 Å². The molecule has 0 fully saturated rings. The Bertz CT molecular complexity index is 954. The molecule has 1 aromatic heterocycles. The van der Waals surface area contributed by atoms with Crippen molar-refractivity contribution in [3.8, 4) is 0 Å². The van der Waals surface area contributed by atoms with Gasteiger partial charge in [-0.25, -0.2) is 0 Å². The van der Waals surface area contributed by atoms with Crippen molar-refractivity contribution in [3.63, 3.8) is 0 Å². The molecule has 4 nitrogen and oxygen atoms in total. The Morgan fingerprint density at radius 2 is 1.60 bits per heavy atom. The molecule has 5 heteroatoms. The molecular weight excluding hydrogens is 392 g/mol. The van der Waals surface area contributed by atoms with Crippen molar-refractivity contribution in [1.29, 1.82) is 0 Å². The van der Waals surface area contributed by atoms with E-state index in [2.05, 4.69) is 0 Å². The van der Waals surface area contributed by atoms with E-state index in [1.807, 2.05) is 90.9 Å². The number of hydrogen-bond donors (Lipinski definition) is 0. The normalized spacial score (nSPS) is 10.6. The number of amides is 2. The van der Waals surface area contributed by atoms with Crippen LogP contribution in [0.1, 0.15) is 39.7 Å². The molecule has 156 valence electrons. The number of aryl methyl sites for hydroxylation is 1. The van der Waals surface area contributed by atoms with Gasteiger partial charge < -0.3 is 9.80 Å². The van der Waals surface area contributed by atoms with Crippen molar-refractivity contribution < 1.29 is 9.59 Å². The number of carbonyl (C=O) groups excluding carboxylic acids is 2. The van der Waals surface area contributed by atoms with Gasteiger partial charge in [-0.1, -0.05) is 61.5 Å². The highest BCUT2D eigenvalue weighted by Crippen LogP contribution is 2.16. The number of hydrogen-bond acceptors (Lipinski definition) is 3. The molecule has 0 aliphatic carbocycles. The van der Waals surface area contributed by atoms with Crippen LogP contribution in [0.25, 0.3) is 0 Å². The van der Waals surface area contributed by atoms with E-state index < -0.39 is 0 Å². The highest BCUT2D eigenvalue weighted by molar-refractivity contribution is 7.09. The summed E-state index contributed by atoms with van der Waals surface area (Å²) in [5.74, 6) is -0.123. The largest absolute Gasteiger partial charge is 0.332 e. The SMILES string of the molecule is CCCN(CC(=O)N(Cc1ccccc1)Cc1cccs1)C(=O)c1ccccc1C. The van der Waals surface area contributed by atoms with E-state index in [9.17, 15) is 9.59 Å². The predicted molar refractivity (Wildman–Crippen MR) is 122 cm³/mol. The molecular formula is C25H28N2O2S. The van der Waals surface area contributed by atoms with Gasteiger partial charge in [-0.2, -0.15) is 0 Å². The Morgan fingerprint density at radius 3 is 2.27 bits per heavy atom. The van der Waals surface area contributed by atoms with Crippen LogP contribution in [-0.2, 0) is 17.9 Å². The van der Waals surface area contributed by atoms with Crippen molar-refractivity contribution in [2.75, 3.05) is 13.1 Å². The van der Waals surface area contributed by atoms with Crippen LogP contribution in [0.2, 0.25) is 0 Å². The van der Waals surface area contributed by atoms with Crippen molar-refractivity contribution in [1.82, 2.24) is 9.80 Å². The first-order valence-corrected chi connectivity index (χ1v) is 11.2. The van der Waals surface area contributed by atoms with Crippen LogP contribution < -0.4 is 0 Å². The molecule has 0 aliphatic rings. The average Bonchev–Trinajstić information content (AvgIpc) is 3.27. The summed E-state index contributed by atoms with van der Waals surface area (Å²) in [5.41, 5.74) is 2.66. The van der Waals surface area contributed by atoms with E-state index in [0.29, 0.717) is 25.2 Å². The van der Waals surface area contributed by atoms with Gasteiger partial charge in [0.15, 0.2) is 0 Å². The second-order valence-electron chi connectivity index (χ2n) is 7.36. The summed E-state index contributed by atoms with van der Waals surface area (Å²) < 4.78 is 0. The first-order chi connectivity index (χ1) is 14.6. The summed E-state index contributed by atoms with van der Waals surface area (Å²) in [4.78, 5) is 31.1. The maximum Gasteiger partial charge on any atom is 0.254 e. The molecule has 0 atom stereocenters. The monoisotopic (exact) mass is 420 g/mol. The molecule has 0 bridgehead atoms. The molecule has 0 saturated heterocycles. The van der Waals surface area contributed by atoms with Crippen molar-refractivity contribution in [3.05, 3.63) is 93.7 Å². The lowest BCUT2D eigenvalue weighted by Crippen LogP contribution is -2.43. The smallest absolute Gasteiger partial charge is 0.254 e. The lowest BCUT2D eigenvalue weighted by molar-refractivity contribution is -0.133. The van der Waals surface area contributed by atoms with Gasteiger partial charge in [-0.15, -0.1) is 11.3 Å². The third-order valence-corrected chi connectivity index (χ3v) is 5.84. The average molecular weight is 421 g/mol. The minimum Gasteiger partial charge on any atom is -0.332 e. The van der Waals surface area contributed by atoms with Crippen LogP contribution in [0.3, 0.4) is 0 Å². The molecule has 30 heavy (non-hydrogen) atoms. The quantitative estimate of drug-likeness (QED) is 0.481. The van der Waals surface area contributed by atoms with Crippen molar-refractivity contribution in [2.45, 2.75) is 33.4 Å². The van der Waals surface area contributed by atoms with Crippen molar-refractivity contribution in [2.24, 2.45) is 0 Å². The topological polar surface area (TPSA) is 40.6 Å². The molecule has 0 aliphatic heterocycles. The molecule has 0 spiro atoms. The van der Waals surface area contributed by atoms with Crippen LogP contribution in [0.5, 0.6) is 0 Å². The third kappa shape index (κ3) is 5.80. The fourth-order valence-electron chi connectivity index (χ4n) is 3.40. The Morgan fingerprint density at radius 1 is 0.867 bits per heavy atom. The fourth-order valence-corrected chi connectivity index (χ4v) is 4.11. The highest BCUT2D eigenvalue weighted by atomic mass is 32.1. The Balaban J connectivity index is 1.79. The number of thiophene rings is 1. The molecule has 0 radical (unpaired) electrons. The van der Waals surface area contributed by atoms with Crippen LogP contribution in [-0.4, -0.2) is 34.7 Å². The van der Waals surface area contributed by atoms with E-state index >= 15 is 0 Å². The maximum absolute atomic E-state index is 13.3. The highest BCUT2D eigenvalue weighted by Gasteiger charge is 2.23. The number of nitrogens with zero attached hydrogens (tertiary/aromatic N) is 2. The van der Waals surface area contributed by atoms with Gasteiger partial charge >= 0.3 is 0 Å². The van der Waals surface area contributed by atoms with E-state index in [-0.39, 0.29) is 18.4 Å². The van der Waals surface area contributed by atoms with Gasteiger partial charge in [-0.3, -0.25) is 9.59 Å². The van der Waals surface area contributed by atoms with Crippen LogP contribution >= 0.6 is 11.3 Å². The Labute approximate surface area is 182 Å². The minimum atomic E-state index is -0.0842. The van der Waals surface area contributed by atoms with Gasteiger partial charge in [0.05, 0.1) is 6.54 Å². The summed E-state index contributed by atoms with van der Waals surface area (Å²) in [7, 11) is 0. The van der Waals surface area contributed by atoms with E-state index in [0.717, 1.165) is 22.4 Å². The maximum atomic E-state index is 13.3. The number of benzene rings is 2. The van der Waals surface area contributed by atoms with Crippen LogP contribution in [0.15, 0.2) is 72.1 Å². The number of rotatable bonds is 9. The Kier molecular flexibility index (Phi) is 7.80. The summed E-state index contributed by atoms with van der Waals surface area (Å²) >= 11 is 1.64. The lowest BCUT2D eigenvalue weighted by Gasteiger charge is -2.28. The first kappa shape index (κ1) is 21.8. The molecule has 2 amide bonds. The van der Waals surface area contributed by atoms with Gasteiger partial charge in [0, 0.05) is 23.5 Å².